The third-order valence-electron chi connectivity index (χ3n) is 8.05. The fraction of sp³-hybridized carbons (Fsp3) is 0.643. The summed E-state index contributed by atoms with van der Waals surface area (Å²) in [4.78, 5) is 0. The van der Waals surface area contributed by atoms with Crippen LogP contribution < -0.4 is 4.74 Å². The number of benzene rings is 2. The molecule has 0 saturated heterocycles. The van der Waals surface area contributed by atoms with E-state index in [9.17, 15) is 17.6 Å². The fourth-order valence-electron chi connectivity index (χ4n) is 6.31. The number of halogens is 4. The molecule has 4 atom stereocenters. The second-order valence-electron chi connectivity index (χ2n) is 10.3. The molecule has 2 aliphatic rings. The zero-order valence-electron chi connectivity index (χ0n) is 19.6. The van der Waals surface area contributed by atoms with Crippen molar-refractivity contribution in [1.82, 2.24) is 0 Å². The Labute approximate surface area is 194 Å². The highest BCUT2D eigenvalue weighted by molar-refractivity contribution is 5.85. The molecule has 2 unspecified atom stereocenters. The first-order valence-electron chi connectivity index (χ1n) is 12.8. The molecule has 33 heavy (non-hydrogen) atoms. The largest absolute Gasteiger partial charge is 0.573 e. The quantitative estimate of drug-likeness (QED) is 0.279. The van der Waals surface area contributed by atoms with Crippen molar-refractivity contribution in [2.75, 3.05) is 0 Å². The smallest absolute Gasteiger partial charge is 0.403 e. The van der Waals surface area contributed by atoms with Crippen molar-refractivity contribution in [3.8, 4) is 5.75 Å². The van der Waals surface area contributed by atoms with Crippen molar-refractivity contribution < 1.29 is 22.3 Å². The van der Waals surface area contributed by atoms with Gasteiger partial charge in [0.2, 0.25) is 0 Å². The number of fused-ring (bicyclic) bond motifs is 2. The van der Waals surface area contributed by atoms with Gasteiger partial charge in [0.1, 0.15) is 0 Å². The van der Waals surface area contributed by atoms with Crippen LogP contribution in [0.2, 0.25) is 0 Å². The SMILES string of the molecule is CCCCCCC[C@@H]1CC[C@@H]2CC(c3ccc4cc(OC(F)(F)F)c(F)cc4c3)CCC2C1. The van der Waals surface area contributed by atoms with Gasteiger partial charge in [0.05, 0.1) is 0 Å². The van der Waals surface area contributed by atoms with Gasteiger partial charge in [-0.15, -0.1) is 13.2 Å². The second-order valence-corrected chi connectivity index (χ2v) is 10.3. The van der Waals surface area contributed by atoms with E-state index in [1.54, 1.807) is 6.07 Å². The Morgan fingerprint density at radius 2 is 1.61 bits per heavy atom. The van der Waals surface area contributed by atoms with Crippen molar-refractivity contribution in [2.45, 2.75) is 96.3 Å². The van der Waals surface area contributed by atoms with Crippen LogP contribution in [0.25, 0.3) is 10.8 Å². The van der Waals surface area contributed by atoms with Gasteiger partial charge in [-0.2, -0.15) is 0 Å². The molecule has 0 bridgehead atoms. The van der Waals surface area contributed by atoms with Crippen molar-refractivity contribution in [3.05, 3.63) is 41.7 Å². The predicted molar refractivity (Wildman–Crippen MR) is 125 cm³/mol. The molecule has 0 radical (unpaired) electrons. The van der Waals surface area contributed by atoms with Crippen LogP contribution in [-0.2, 0) is 0 Å². The van der Waals surface area contributed by atoms with Gasteiger partial charge in [0.15, 0.2) is 11.6 Å². The van der Waals surface area contributed by atoms with Crippen molar-refractivity contribution in [2.24, 2.45) is 17.8 Å². The van der Waals surface area contributed by atoms with Crippen LogP contribution in [0.1, 0.15) is 95.5 Å². The van der Waals surface area contributed by atoms with Gasteiger partial charge in [-0.25, -0.2) is 4.39 Å². The number of ether oxygens (including phenoxy) is 1. The number of hydrogen-bond acceptors (Lipinski definition) is 1. The minimum absolute atomic E-state index is 0.454. The normalized spacial score (nSPS) is 25.7. The summed E-state index contributed by atoms with van der Waals surface area (Å²) in [6.45, 7) is 2.26. The minimum Gasteiger partial charge on any atom is -0.403 e. The molecule has 1 nitrogen and oxygen atoms in total. The average Bonchev–Trinajstić information content (AvgIpc) is 2.78. The molecule has 0 aliphatic heterocycles. The summed E-state index contributed by atoms with van der Waals surface area (Å²) in [5, 5.41) is 1.20. The Kier molecular flexibility index (Phi) is 7.86. The topological polar surface area (TPSA) is 9.23 Å². The van der Waals surface area contributed by atoms with Gasteiger partial charge in [-0.05, 0) is 84.2 Å². The first-order valence-corrected chi connectivity index (χ1v) is 12.8. The van der Waals surface area contributed by atoms with E-state index < -0.39 is 17.9 Å². The first kappa shape index (κ1) is 24.3. The van der Waals surface area contributed by atoms with Gasteiger partial charge in [-0.1, -0.05) is 70.1 Å². The fourth-order valence-corrected chi connectivity index (χ4v) is 6.31. The predicted octanol–water partition coefficient (Wildman–Crippen LogP) is 9.54. The Morgan fingerprint density at radius 3 is 2.39 bits per heavy atom. The molecule has 2 aromatic carbocycles. The zero-order valence-corrected chi connectivity index (χ0v) is 19.6. The third kappa shape index (κ3) is 6.42. The molecule has 2 fully saturated rings. The Balaban J connectivity index is 1.35. The molecule has 5 heteroatoms. The molecule has 2 aliphatic carbocycles. The number of hydrogen-bond donors (Lipinski definition) is 0. The molecule has 0 spiro atoms. The molecule has 4 rings (SSSR count). The van der Waals surface area contributed by atoms with Crippen LogP contribution in [-0.4, -0.2) is 6.36 Å². The molecule has 0 N–H and O–H groups in total. The second kappa shape index (κ2) is 10.7. The summed E-state index contributed by atoms with van der Waals surface area (Å²) in [7, 11) is 0. The molecule has 182 valence electrons. The lowest BCUT2D eigenvalue weighted by Crippen LogP contribution is -2.30. The lowest BCUT2D eigenvalue weighted by atomic mass is 9.63. The summed E-state index contributed by atoms with van der Waals surface area (Å²) in [5.74, 6) is 1.22. The van der Waals surface area contributed by atoms with Crippen LogP contribution >= 0.6 is 0 Å². The van der Waals surface area contributed by atoms with E-state index >= 15 is 0 Å². The lowest BCUT2D eigenvalue weighted by molar-refractivity contribution is -0.275. The molecule has 2 saturated carbocycles. The summed E-state index contributed by atoms with van der Waals surface area (Å²) >= 11 is 0. The Bertz CT molecular complexity index is 922. The van der Waals surface area contributed by atoms with Crippen LogP contribution in [0, 0.1) is 23.6 Å². The van der Waals surface area contributed by atoms with E-state index in [0.717, 1.165) is 36.3 Å². The van der Waals surface area contributed by atoms with Gasteiger partial charge in [0.25, 0.3) is 0 Å². The van der Waals surface area contributed by atoms with Gasteiger partial charge < -0.3 is 4.74 Å². The van der Waals surface area contributed by atoms with Gasteiger partial charge in [-0.3, -0.25) is 0 Å². The molecule has 0 amide bonds. The van der Waals surface area contributed by atoms with E-state index in [1.807, 2.05) is 12.1 Å². The van der Waals surface area contributed by atoms with E-state index in [2.05, 4.69) is 11.7 Å². The maximum absolute atomic E-state index is 14.2. The molecular formula is C28H36F4O. The summed E-state index contributed by atoms with van der Waals surface area (Å²) < 4.78 is 55.5. The number of alkyl halides is 3. The molecule has 2 aromatic rings. The molecule has 0 aromatic heterocycles. The van der Waals surface area contributed by atoms with Crippen LogP contribution in [0.4, 0.5) is 17.6 Å². The van der Waals surface area contributed by atoms with Gasteiger partial charge >= 0.3 is 6.36 Å². The highest BCUT2D eigenvalue weighted by Crippen LogP contribution is 2.48. The Hall–Kier alpha value is -1.78. The van der Waals surface area contributed by atoms with Crippen LogP contribution in [0.15, 0.2) is 30.3 Å². The summed E-state index contributed by atoms with van der Waals surface area (Å²) in [6.07, 6.45) is 10.9. The monoisotopic (exact) mass is 464 g/mol. The first-order chi connectivity index (χ1) is 15.8. The van der Waals surface area contributed by atoms with E-state index in [0.29, 0.717) is 16.7 Å². The van der Waals surface area contributed by atoms with Crippen LogP contribution in [0.3, 0.4) is 0 Å². The summed E-state index contributed by atoms with van der Waals surface area (Å²) in [5.41, 5.74) is 1.18. The van der Waals surface area contributed by atoms with Crippen molar-refractivity contribution >= 4 is 10.8 Å². The standard InChI is InChI=1S/C28H36F4O/c1-2-3-4-5-6-7-19-8-9-21-15-22(11-10-20(21)14-19)23-12-13-24-18-27(33-28(30,31)32)26(29)17-25(24)16-23/h12-13,16-22H,2-11,14-15H2,1H3/t19-,20?,21-,22?/m1/s1. The maximum atomic E-state index is 14.2. The van der Waals surface area contributed by atoms with Crippen molar-refractivity contribution in [1.29, 1.82) is 0 Å². The zero-order chi connectivity index (χ0) is 23.4. The highest BCUT2D eigenvalue weighted by Gasteiger charge is 2.36. The highest BCUT2D eigenvalue weighted by atomic mass is 19.4. The lowest BCUT2D eigenvalue weighted by Gasteiger charge is -2.42. The maximum Gasteiger partial charge on any atom is 0.573 e. The summed E-state index contributed by atoms with van der Waals surface area (Å²) in [6, 6.07) is 8.07. The van der Waals surface area contributed by atoms with Crippen molar-refractivity contribution in [3.63, 3.8) is 0 Å². The molecule has 0 heterocycles. The van der Waals surface area contributed by atoms with E-state index in [-0.39, 0.29) is 0 Å². The Morgan fingerprint density at radius 1 is 0.848 bits per heavy atom. The van der Waals surface area contributed by atoms with E-state index in [4.69, 9.17) is 0 Å². The third-order valence-corrected chi connectivity index (χ3v) is 8.05. The average molecular weight is 465 g/mol. The molecular weight excluding hydrogens is 428 g/mol. The minimum atomic E-state index is -4.90. The van der Waals surface area contributed by atoms with Gasteiger partial charge in [0, 0.05) is 0 Å². The number of rotatable bonds is 8. The van der Waals surface area contributed by atoms with E-state index in [1.165, 1.54) is 76.2 Å². The van der Waals surface area contributed by atoms with Crippen LogP contribution in [0.5, 0.6) is 5.75 Å². The number of unbranched alkanes of at least 4 members (excludes halogenated alkanes) is 4.